The van der Waals surface area contributed by atoms with E-state index in [1.165, 1.54) is 16.0 Å². The standard InChI is InChI=1S/C28H26N2O3S/c31-26(32)18-33-24-13-7-12-23-22(24)14-15-25-27(23)30-28(34-25)29-17-16-21(19-8-3-1-4-9-19)20-10-5-2-6-11-20/h1-13,21H,14-18H2,(H,29,30)(H,31,32). The number of fused-ring (bicyclic) bond motifs is 3. The first-order valence-corrected chi connectivity index (χ1v) is 12.3. The quantitative estimate of drug-likeness (QED) is 0.314. The summed E-state index contributed by atoms with van der Waals surface area (Å²) in [6.07, 6.45) is 2.66. The Bertz CT molecular complexity index is 1230. The number of carboxylic acids is 1. The lowest BCUT2D eigenvalue weighted by molar-refractivity contribution is -0.139. The van der Waals surface area contributed by atoms with Crippen molar-refractivity contribution in [1.29, 1.82) is 0 Å². The molecule has 2 N–H and O–H groups in total. The van der Waals surface area contributed by atoms with E-state index < -0.39 is 5.97 Å². The first kappa shape index (κ1) is 22.2. The van der Waals surface area contributed by atoms with Crippen molar-refractivity contribution >= 4 is 22.4 Å². The van der Waals surface area contributed by atoms with E-state index in [1.54, 1.807) is 11.3 Å². The third kappa shape index (κ3) is 4.82. The van der Waals surface area contributed by atoms with Crippen LogP contribution in [0.5, 0.6) is 5.75 Å². The number of aryl methyl sites for hydroxylation is 1. The third-order valence-electron chi connectivity index (χ3n) is 6.15. The molecule has 0 radical (unpaired) electrons. The molecule has 0 fully saturated rings. The number of aliphatic carboxylic acids is 1. The zero-order chi connectivity index (χ0) is 23.3. The molecule has 1 aliphatic rings. The highest BCUT2D eigenvalue weighted by Crippen LogP contribution is 2.41. The fourth-order valence-corrected chi connectivity index (χ4v) is 5.59. The maximum atomic E-state index is 10.9. The topological polar surface area (TPSA) is 71.5 Å². The van der Waals surface area contributed by atoms with Crippen LogP contribution in [-0.2, 0) is 17.6 Å². The smallest absolute Gasteiger partial charge is 0.341 e. The first-order chi connectivity index (χ1) is 16.7. The molecule has 1 aromatic heterocycles. The van der Waals surface area contributed by atoms with Crippen LogP contribution in [0.3, 0.4) is 0 Å². The molecule has 5 rings (SSSR count). The van der Waals surface area contributed by atoms with Gasteiger partial charge in [-0.2, -0.15) is 0 Å². The lowest BCUT2D eigenvalue weighted by atomic mass is 9.88. The molecule has 0 atom stereocenters. The summed E-state index contributed by atoms with van der Waals surface area (Å²) in [4.78, 5) is 17.1. The summed E-state index contributed by atoms with van der Waals surface area (Å²) in [7, 11) is 0. The van der Waals surface area contributed by atoms with Crippen LogP contribution < -0.4 is 10.1 Å². The lowest BCUT2D eigenvalue weighted by Crippen LogP contribution is -2.12. The number of nitrogens with zero attached hydrogens (tertiary/aromatic N) is 1. The molecule has 0 spiro atoms. The number of ether oxygens (including phenoxy) is 1. The van der Waals surface area contributed by atoms with Crippen molar-refractivity contribution in [2.45, 2.75) is 25.2 Å². The maximum Gasteiger partial charge on any atom is 0.341 e. The summed E-state index contributed by atoms with van der Waals surface area (Å²) < 4.78 is 5.52. The van der Waals surface area contributed by atoms with Crippen molar-refractivity contribution in [2.75, 3.05) is 18.5 Å². The number of rotatable bonds is 9. The first-order valence-electron chi connectivity index (χ1n) is 11.5. The molecule has 0 saturated heterocycles. The van der Waals surface area contributed by atoms with Gasteiger partial charge in [0.25, 0.3) is 0 Å². The Morgan fingerprint density at radius 2 is 1.68 bits per heavy atom. The van der Waals surface area contributed by atoms with Crippen molar-refractivity contribution < 1.29 is 14.6 Å². The molecule has 34 heavy (non-hydrogen) atoms. The van der Waals surface area contributed by atoms with Gasteiger partial charge in [0.2, 0.25) is 0 Å². The second-order valence-corrected chi connectivity index (χ2v) is 9.43. The number of aromatic nitrogens is 1. The molecule has 5 nitrogen and oxygen atoms in total. The summed E-state index contributed by atoms with van der Waals surface area (Å²) in [6.45, 7) is 0.479. The van der Waals surface area contributed by atoms with E-state index >= 15 is 0 Å². The SMILES string of the molecule is O=C(O)COc1cccc2c1CCc1sc(NCCC(c3ccccc3)c3ccccc3)nc1-2. The number of benzene rings is 3. The second-order valence-electron chi connectivity index (χ2n) is 8.34. The molecular formula is C28H26N2O3S. The molecule has 0 unspecified atom stereocenters. The zero-order valence-electron chi connectivity index (χ0n) is 18.7. The average Bonchev–Trinajstić information content (AvgIpc) is 3.30. The van der Waals surface area contributed by atoms with Crippen LogP contribution in [0.4, 0.5) is 5.13 Å². The van der Waals surface area contributed by atoms with E-state index in [2.05, 4.69) is 66.0 Å². The summed E-state index contributed by atoms with van der Waals surface area (Å²) in [5.74, 6) is -0.0145. The van der Waals surface area contributed by atoms with E-state index in [0.29, 0.717) is 11.7 Å². The normalized spacial score (nSPS) is 12.1. The molecule has 0 aliphatic heterocycles. The fraction of sp³-hybridized carbons (Fsp3) is 0.214. The van der Waals surface area contributed by atoms with E-state index in [9.17, 15) is 4.79 Å². The van der Waals surface area contributed by atoms with E-state index in [4.69, 9.17) is 14.8 Å². The zero-order valence-corrected chi connectivity index (χ0v) is 19.6. The molecule has 1 heterocycles. The van der Waals surface area contributed by atoms with Crippen LogP contribution in [0.15, 0.2) is 78.9 Å². The maximum absolute atomic E-state index is 10.9. The number of anilines is 1. The molecule has 0 bridgehead atoms. The van der Waals surface area contributed by atoms with Crippen LogP contribution >= 0.6 is 11.3 Å². The number of carboxylic acid groups (broad SMARTS) is 1. The van der Waals surface area contributed by atoms with Crippen LogP contribution in [0.1, 0.15) is 33.9 Å². The minimum absolute atomic E-state index is 0.319. The van der Waals surface area contributed by atoms with Gasteiger partial charge in [-0.1, -0.05) is 72.8 Å². The van der Waals surface area contributed by atoms with Gasteiger partial charge in [0.1, 0.15) is 5.75 Å². The molecule has 6 heteroatoms. The van der Waals surface area contributed by atoms with Gasteiger partial charge >= 0.3 is 5.97 Å². The molecule has 0 amide bonds. The predicted octanol–water partition coefficient (Wildman–Crippen LogP) is 6.01. The Balaban J connectivity index is 1.31. The van der Waals surface area contributed by atoms with Crippen LogP contribution in [0.2, 0.25) is 0 Å². The minimum atomic E-state index is -0.974. The largest absolute Gasteiger partial charge is 0.482 e. The van der Waals surface area contributed by atoms with Crippen molar-refractivity contribution in [1.82, 2.24) is 4.98 Å². The van der Waals surface area contributed by atoms with Gasteiger partial charge in [-0.25, -0.2) is 9.78 Å². The average molecular weight is 471 g/mol. The Kier molecular flexibility index (Phi) is 6.58. The Labute approximate surface area is 203 Å². The highest BCUT2D eigenvalue weighted by molar-refractivity contribution is 7.16. The number of hydrogen-bond acceptors (Lipinski definition) is 5. The van der Waals surface area contributed by atoms with Gasteiger partial charge in [0.05, 0.1) is 5.69 Å². The molecule has 4 aromatic rings. The van der Waals surface area contributed by atoms with Crippen LogP contribution in [0, 0.1) is 0 Å². The number of nitrogens with one attached hydrogen (secondary N) is 1. The van der Waals surface area contributed by atoms with Gasteiger partial charge in [0.15, 0.2) is 11.7 Å². The molecule has 0 saturated carbocycles. The fourth-order valence-electron chi connectivity index (χ4n) is 4.59. The van der Waals surface area contributed by atoms with Gasteiger partial charge in [-0.05, 0) is 36.5 Å². The molecule has 1 aliphatic carbocycles. The molecule has 3 aromatic carbocycles. The highest BCUT2D eigenvalue weighted by Gasteiger charge is 2.24. The Hall–Kier alpha value is -3.64. The van der Waals surface area contributed by atoms with E-state index in [-0.39, 0.29) is 6.61 Å². The third-order valence-corrected chi connectivity index (χ3v) is 7.22. The van der Waals surface area contributed by atoms with Gasteiger partial charge in [0, 0.05) is 28.5 Å². The highest BCUT2D eigenvalue weighted by atomic mass is 32.1. The van der Waals surface area contributed by atoms with Crippen molar-refractivity contribution in [3.63, 3.8) is 0 Å². The second kappa shape index (κ2) is 10.1. The number of carbonyl (C=O) groups is 1. The summed E-state index contributed by atoms with van der Waals surface area (Å²) >= 11 is 1.71. The van der Waals surface area contributed by atoms with Crippen molar-refractivity contribution in [2.24, 2.45) is 0 Å². The lowest BCUT2D eigenvalue weighted by Gasteiger charge is -2.18. The summed E-state index contributed by atoms with van der Waals surface area (Å²) in [5, 5.41) is 13.4. The van der Waals surface area contributed by atoms with Gasteiger partial charge in [-0.15, -0.1) is 11.3 Å². The summed E-state index contributed by atoms with van der Waals surface area (Å²) in [5.41, 5.74) is 5.70. The predicted molar refractivity (Wildman–Crippen MR) is 136 cm³/mol. The van der Waals surface area contributed by atoms with Gasteiger partial charge in [-0.3, -0.25) is 0 Å². The van der Waals surface area contributed by atoms with Gasteiger partial charge < -0.3 is 15.2 Å². The van der Waals surface area contributed by atoms with E-state index in [0.717, 1.165) is 47.8 Å². The Morgan fingerprint density at radius 3 is 2.35 bits per heavy atom. The van der Waals surface area contributed by atoms with Crippen LogP contribution in [-0.4, -0.2) is 29.2 Å². The van der Waals surface area contributed by atoms with Crippen molar-refractivity contribution in [3.05, 3.63) is 100 Å². The van der Waals surface area contributed by atoms with E-state index in [1.807, 2.05) is 18.2 Å². The molecule has 172 valence electrons. The Morgan fingerprint density at radius 1 is 0.971 bits per heavy atom. The summed E-state index contributed by atoms with van der Waals surface area (Å²) in [6, 6.07) is 27.1. The number of hydrogen-bond donors (Lipinski definition) is 2. The monoisotopic (exact) mass is 470 g/mol. The molecular weight excluding hydrogens is 444 g/mol. The number of thiazole rings is 1. The van der Waals surface area contributed by atoms with Crippen LogP contribution in [0.25, 0.3) is 11.3 Å². The van der Waals surface area contributed by atoms with Crippen molar-refractivity contribution in [3.8, 4) is 17.0 Å². The minimum Gasteiger partial charge on any atom is -0.482 e.